The van der Waals surface area contributed by atoms with Crippen LogP contribution in [0.5, 0.6) is 0 Å². The Morgan fingerprint density at radius 1 is 1.24 bits per heavy atom. The Morgan fingerprint density at radius 3 is 2.52 bits per heavy atom. The van der Waals surface area contributed by atoms with Crippen LogP contribution in [0.15, 0.2) is 30.3 Å². The molecule has 0 unspecified atom stereocenters. The summed E-state index contributed by atoms with van der Waals surface area (Å²) in [5.74, 6) is -0.0459. The first kappa shape index (κ1) is 13.9. The van der Waals surface area contributed by atoms with E-state index in [4.69, 9.17) is 0 Å². The number of nitrogens with one attached hydrogen (secondary N) is 1. The minimum absolute atomic E-state index is 0.0459. The van der Waals surface area contributed by atoms with Crippen LogP contribution in [0.4, 0.5) is 4.79 Å². The molecule has 1 aromatic carbocycles. The highest BCUT2D eigenvalue weighted by Gasteiger charge is 2.49. The quantitative estimate of drug-likeness (QED) is 0.926. The average molecular weight is 288 g/mol. The van der Waals surface area contributed by atoms with Crippen molar-refractivity contribution in [2.75, 3.05) is 20.2 Å². The van der Waals surface area contributed by atoms with Gasteiger partial charge in [-0.05, 0) is 30.2 Å². The molecule has 2 aliphatic rings. The van der Waals surface area contributed by atoms with Crippen LogP contribution < -0.4 is 5.32 Å². The molecule has 1 spiro atoms. The molecule has 3 rings (SSSR count). The maximum atomic E-state index is 12.8. The number of nitrogens with zero attached hydrogens (tertiary/aromatic N) is 1. The summed E-state index contributed by atoms with van der Waals surface area (Å²) in [6.45, 7) is 1.60. The van der Waals surface area contributed by atoms with Gasteiger partial charge >= 0.3 is 6.09 Å². The van der Waals surface area contributed by atoms with Crippen LogP contribution in [0.1, 0.15) is 30.9 Å². The van der Waals surface area contributed by atoms with Gasteiger partial charge in [-0.2, -0.15) is 0 Å². The van der Waals surface area contributed by atoms with Crippen molar-refractivity contribution in [1.82, 2.24) is 10.2 Å². The summed E-state index contributed by atoms with van der Waals surface area (Å²) in [5, 5.41) is 2.66. The molecular formula is C16H20N2O3. The van der Waals surface area contributed by atoms with Crippen molar-refractivity contribution < 1.29 is 14.3 Å². The molecule has 0 radical (unpaired) electrons. The van der Waals surface area contributed by atoms with Gasteiger partial charge in [0.25, 0.3) is 0 Å². The summed E-state index contributed by atoms with van der Waals surface area (Å²) in [6, 6.07) is 8.64. The first-order chi connectivity index (χ1) is 10.1. The van der Waals surface area contributed by atoms with E-state index in [2.05, 4.69) is 10.1 Å². The molecule has 5 heteroatoms. The van der Waals surface area contributed by atoms with E-state index in [1.54, 1.807) is 0 Å². The first-order valence-electron chi connectivity index (χ1n) is 7.32. The lowest BCUT2D eigenvalue weighted by atomic mass is 10.1. The zero-order valence-corrected chi connectivity index (χ0v) is 12.2. The van der Waals surface area contributed by atoms with Crippen molar-refractivity contribution in [2.24, 2.45) is 5.41 Å². The Morgan fingerprint density at radius 2 is 1.95 bits per heavy atom. The third-order valence-corrected chi connectivity index (χ3v) is 4.53. The first-order valence-corrected chi connectivity index (χ1v) is 7.32. The van der Waals surface area contributed by atoms with Gasteiger partial charge in [-0.25, -0.2) is 4.79 Å². The second kappa shape index (κ2) is 5.39. The smallest absolute Gasteiger partial charge is 0.407 e. The maximum Gasteiger partial charge on any atom is 0.407 e. The molecule has 1 saturated carbocycles. The predicted molar refractivity (Wildman–Crippen MR) is 77.6 cm³/mol. The van der Waals surface area contributed by atoms with Crippen LogP contribution in [0.3, 0.4) is 0 Å². The summed E-state index contributed by atoms with van der Waals surface area (Å²) < 4.78 is 4.65. The van der Waals surface area contributed by atoms with Crippen molar-refractivity contribution >= 4 is 12.0 Å². The standard InChI is InChI=1S/C16H20N2O3/c1-21-15(20)17-13(12-5-3-2-4-6-12)14(19)18-10-9-16(11-18)7-8-16/h2-6,13H,7-11H2,1H3,(H,17,20)/t13-/m1/s1. The molecule has 1 heterocycles. The third kappa shape index (κ3) is 2.86. The Bertz CT molecular complexity index is 540. The molecule has 1 atom stereocenters. The lowest BCUT2D eigenvalue weighted by Gasteiger charge is -2.24. The lowest BCUT2D eigenvalue weighted by Crippen LogP contribution is -2.42. The lowest BCUT2D eigenvalue weighted by molar-refractivity contribution is -0.132. The molecule has 0 aromatic heterocycles. The van der Waals surface area contributed by atoms with Crippen LogP contribution in [-0.4, -0.2) is 37.1 Å². The van der Waals surface area contributed by atoms with Gasteiger partial charge in [0.05, 0.1) is 7.11 Å². The Balaban J connectivity index is 1.77. The van der Waals surface area contributed by atoms with Crippen molar-refractivity contribution in [2.45, 2.75) is 25.3 Å². The molecule has 112 valence electrons. The van der Waals surface area contributed by atoms with Crippen LogP contribution in [0, 0.1) is 5.41 Å². The Hall–Kier alpha value is -2.04. The van der Waals surface area contributed by atoms with Gasteiger partial charge in [0.15, 0.2) is 0 Å². The Labute approximate surface area is 124 Å². The molecule has 1 aliphatic heterocycles. The van der Waals surface area contributed by atoms with Gasteiger partial charge in [0.2, 0.25) is 5.91 Å². The summed E-state index contributed by atoms with van der Waals surface area (Å²) in [7, 11) is 1.30. The summed E-state index contributed by atoms with van der Waals surface area (Å²) in [5.41, 5.74) is 1.16. The summed E-state index contributed by atoms with van der Waals surface area (Å²) >= 11 is 0. The van der Waals surface area contributed by atoms with Gasteiger partial charge in [-0.3, -0.25) is 4.79 Å². The van der Waals surface area contributed by atoms with Crippen molar-refractivity contribution in [3.63, 3.8) is 0 Å². The summed E-state index contributed by atoms with van der Waals surface area (Å²) in [6.07, 6.45) is 2.94. The highest BCUT2D eigenvalue weighted by molar-refractivity contribution is 5.87. The number of likely N-dealkylation sites (tertiary alicyclic amines) is 1. The van der Waals surface area contributed by atoms with Crippen molar-refractivity contribution in [1.29, 1.82) is 0 Å². The van der Waals surface area contributed by atoms with Crippen LogP contribution in [0.25, 0.3) is 0 Å². The number of ether oxygens (including phenoxy) is 1. The fourth-order valence-electron chi connectivity index (χ4n) is 3.00. The van der Waals surface area contributed by atoms with Crippen molar-refractivity contribution in [3.8, 4) is 0 Å². The molecule has 2 fully saturated rings. The maximum absolute atomic E-state index is 12.8. The van der Waals surface area contributed by atoms with E-state index in [9.17, 15) is 9.59 Å². The van der Waals surface area contributed by atoms with Gasteiger partial charge in [-0.15, -0.1) is 0 Å². The van der Waals surface area contributed by atoms with Crippen LogP contribution in [-0.2, 0) is 9.53 Å². The predicted octanol–water partition coefficient (Wildman–Crippen LogP) is 2.10. The second-order valence-electron chi connectivity index (χ2n) is 5.99. The minimum atomic E-state index is -0.674. The van der Waals surface area contributed by atoms with E-state index >= 15 is 0 Å². The molecule has 21 heavy (non-hydrogen) atoms. The zero-order chi connectivity index (χ0) is 14.9. The average Bonchev–Trinajstić information content (AvgIpc) is 3.14. The highest BCUT2D eigenvalue weighted by Crippen LogP contribution is 2.52. The number of hydrogen-bond acceptors (Lipinski definition) is 3. The molecule has 1 N–H and O–H groups in total. The van der Waals surface area contributed by atoms with E-state index in [0.717, 1.165) is 25.1 Å². The zero-order valence-electron chi connectivity index (χ0n) is 12.2. The molecular weight excluding hydrogens is 268 g/mol. The van der Waals surface area contributed by atoms with E-state index in [1.165, 1.54) is 20.0 Å². The fourth-order valence-corrected chi connectivity index (χ4v) is 3.00. The number of methoxy groups -OCH3 is 1. The van der Waals surface area contributed by atoms with Crippen molar-refractivity contribution in [3.05, 3.63) is 35.9 Å². The number of carbonyl (C=O) groups excluding carboxylic acids is 2. The van der Waals surface area contributed by atoms with E-state index in [1.807, 2.05) is 35.2 Å². The molecule has 5 nitrogen and oxygen atoms in total. The SMILES string of the molecule is COC(=O)N[C@@H](C(=O)N1CCC2(CC2)C1)c1ccccc1. The van der Waals surface area contributed by atoms with Gasteiger partial charge in [-0.1, -0.05) is 30.3 Å². The molecule has 0 bridgehead atoms. The summed E-state index contributed by atoms with van der Waals surface area (Å²) in [4.78, 5) is 26.2. The van der Waals surface area contributed by atoms with Gasteiger partial charge < -0.3 is 15.0 Å². The van der Waals surface area contributed by atoms with E-state index in [0.29, 0.717) is 5.41 Å². The number of alkyl carbamates (subject to hydrolysis) is 1. The number of hydrogen-bond donors (Lipinski definition) is 1. The van der Waals surface area contributed by atoms with Gasteiger partial charge in [0, 0.05) is 13.1 Å². The largest absolute Gasteiger partial charge is 0.453 e. The highest BCUT2D eigenvalue weighted by atomic mass is 16.5. The Kier molecular flexibility index (Phi) is 3.57. The third-order valence-electron chi connectivity index (χ3n) is 4.53. The number of carbonyl (C=O) groups is 2. The molecule has 2 amide bonds. The fraction of sp³-hybridized carbons (Fsp3) is 0.500. The van der Waals surface area contributed by atoms with Crippen LogP contribution >= 0.6 is 0 Å². The molecule has 1 saturated heterocycles. The molecule has 1 aliphatic carbocycles. The monoisotopic (exact) mass is 288 g/mol. The number of amides is 2. The second-order valence-corrected chi connectivity index (χ2v) is 5.99. The number of benzene rings is 1. The molecule has 1 aromatic rings. The van der Waals surface area contributed by atoms with E-state index in [-0.39, 0.29) is 5.91 Å². The van der Waals surface area contributed by atoms with Gasteiger partial charge in [0.1, 0.15) is 6.04 Å². The normalized spacial score (nSPS) is 20.1. The van der Waals surface area contributed by atoms with E-state index < -0.39 is 12.1 Å². The number of rotatable bonds is 3. The van der Waals surface area contributed by atoms with Crippen LogP contribution in [0.2, 0.25) is 0 Å². The topological polar surface area (TPSA) is 58.6 Å². The minimum Gasteiger partial charge on any atom is -0.453 e.